The van der Waals surface area contributed by atoms with Gasteiger partial charge in [-0.1, -0.05) is 13.8 Å². The minimum atomic E-state index is -3.38. The second-order valence-corrected chi connectivity index (χ2v) is 12.6. The molecular weight excluding hydrogens is 478 g/mol. The molecule has 9 nitrogen and oxygen atoms in total. The van der Waals surface area contributed by atoms with E-state index < -0.39 is 16.1 Å². The molecule has 2 fully saturated rings. The van der Waals surface area contributed by atoms with E-state index in [9.17, 15) is 13.2 Å². The van der Waals surface area contributed by atoms with Crippen LogP contribution in [0.2, 0.25) is 0 Å². The maximum Gasteiger partial charge on any atom is 0.404 e. The zero-order valence-electron chi connectivity index (χ0n) is 21.8. The topological polar surface area (TPSA) is 120 Å². The van der Waals surface area contributed by atoms with Gasteiger partial charge in [-0.05, 0) is 68.1 Å². The van der Waals surface area contributed by atoms with E-state index in [1.807, 2.05) is 12.1 Å². The first-order valence-corrected chi connectivity index (χ1v) is 15.1. The second kappa shape index (κ2) is 11.5. The second-order valence-electron chi connectivity index (χ2n) is 10.8. The van der Waals surface area contributed by atoms with Crippen molar-refractivity contribution in [3.63, 3.8) is 0 Å². The van der Waals surface area contributed by atoms with Crippen molar-refractivity contribution in [3.8, 4) is 0 Å². The van der Waals surface area contributed by atoms with Gasteiger partial charge in [-0.3, -0.25) is 0 Å². The van der Waals surface area contributed by atoms with Gasteiger partial charge in [-0.25, -0.2) is 22.9 Å². The number of likely N-dealkylation sites (tertiary alicyclic amines) is 1. The average Bonchev–Trinajstić information content (AvgIpc) is 3.15. The highest BCUT2D eigenvalue weighted by Crippen LogP contribution is 2.37. The van der Waals surface area contributed by atoms with Crippen LogP contribution in [0.5, 0.6) is 0 Å². The number of ether oxygens (including phenoxy) is 1. The molecule has 200 valence electrons. The number of carbonyl (C=O) groups is 1. The molecule has 3 N–H and O–H groups in total. The van der Waals surface area contributed by atoms with E-state index in [1.165, 1.54) is 25.7 Å². The van der Waals surface area contributed by atoms with Gasteiger partial charge in [0.15, 0.2) is 0 Å². The van der Waals surface area contributed by atoms with E-state index in [0.717, 1.165) is 66.3 Å². The Morgan fingerprint density at radius 1 is 1.17 bits per heavy atom. The summed E-state index contributed by atoms with van der Waals surface area (Å²) in [7, 11) is -3.38. The Bertz CT molecular complexity index is 1150. The largest absolute Gasteiger partial charge is 0.449 e. The number of primary amides is 1. The third kappa shape index (κ3) is 6.39. The fourth-order valence-corrected chi connectivity index (χ4v) is 6.62. The summed E-state index contributed by atoms with van der Waals surface area (Å²) >= 11 is 0. The molecule has 0 aromatic carbocycles. The predicted molar refractivity (Wildman–Crippen MR) is 141 cm³/mol. The SMILES string of the molecule is CC(C)C1CCC(N2CCC(n3c(CCOC(N)=O)c(CNS(C)(=O)=O)c4cccnc43)CC2)CC1. The van der Waals surface area contributed by atoms with E-state index in [-0.39, 0.29) is 19.2 Å². The molecule has 2 aliphatic rings. The van der Waals surface area contributed by atoms with Crippen LogP contribution in [0.25, 0.3) is 11.0 Å². The van der Waals surface area contributed by atoms with Gasteiger partial charge in [0.1, 0.15) is 5.65 Å². The van der Waals surface area contributed by atoms with Gasteiger partial charge >= 0.3 is 6.09 Å². The average molecular weight is 520 g/mol. The fraction of sp³-hybridized carbons (Fsp3) is 0.692. The number of sulfonamides is 1. The van der Waals surface area contributed by atoms with Crippen LogP contribution in [-0.4, -0.2) is 61.0 Å². The van der Waals surface area contributed by atoms with Crippen molar-refractivity contribution in [3.05, 3.63) is 29.6 Å². The Morgan fingerprint density at radius 2 is 1.86 bits per heavy atom. The molecule has 2 aromatic heterocycles. The first-order valence-electron chi connectivity index (χ1n) is 13.2. The number of nitrogens with zero attached hydrogens (tertiary/aromatic N) is 3. The van der Waals surface area contributed by atoms with E-state index >= 15 is 0 Å². The van der Waals surface area contributed by atoms with E-state index in [4.69, 9.17) is 15.5 Å². The standard InChI is InChI=1S/C26H41N5O4S/c1-18(2)19-6-8-20(9-7-19)30-14-10-21(11-15-30)31-24(12-16-35-26(27)32)23(17-29-36(3,33)34)22-5-4-13-28-25(22)31/h4-5,13,18-21,29H,6-12,14-17H2,1-3H3,(H2,27,32). The van der Waals surface area contributed by atoms with Crippen LogP contribution in [-0.2, 0) is 27.7 Å². The zero-order chi connectivity index (χ0) is 25.9. The fourth-order valence-electron chi connectivity index (χ4n) is 6.21. The molecule has 1 saturated heterocycles. The lowest BCUT2D eigenvalue weighted by atomic mass is 9.79. The summed E-state index contributed by atoms with van der Waals surface area (Å²) < 4.78 is 33.7. The lowest BCUT2D eigenvalue weighted by Crippen LogP contribution is -2.44. The van der Waals surface area contributed by atoms with Crippen molar-refractivity contribution in [2.24, 2.45) is 17.6 Å². The normalized spacial score (nSPS) is 22.3. The predicted octanol–water partition coefficient (Wildman–Crippen LogP) is 3.58. The van der Waals surface area contributed by atoms with Crippen LogP contribution >= 0.6 is 0 Å². The number of nitrogens with two attached hydrogens (primary N) is 1. The number of fused-ring (bicyclic) bond motifs is 1. The molecule has 10 heteroatoms. The van der Waals surface area contributed by atoms with Crippen molar-refractivity contribution in [1.82, 2.24) is 19.2 Å². The number of hydrogen-bond donors (Lipinski definition) is 2. The van der Waals surface area contributed by atoms with Crippen LogP contribution in [0.4, 0.5) is 4.79 Å². The molecule has 0 bridgehead atoms. The Morgan fingerprint density at radius 3 is 2.47 bits per heavy atom. The summed E-state index contributed by atoms with van der Waals surface area (Å²) in [6.07, 6.45) is 9.82. The Balaban J connectivity index is 1.56. The first kappa shape index (κ1) is 26.9. The van der Waals surface area contributed by atoms with Gasteiger partial charge in [-0.15, -0.1) is 0 Å². The molecule has 0 unspecified atom stereocenters. The van der Waals surface area contributed by atoms with Crippen molar-refractivity contribution >= 4 is 27.1 Å². The highest BCUT2D eigenvalue weighted by molar-refractivity contribution is 7.88. The highest BCUT2D eigenvalue weighted by Gasteiger charge is 2.32. The van der Waals surface area contributed by atoms with Crippen LogP contribution in [0.15, 0.2) is 18.3 Å². The lowest BCUT2D eigenvalue weighted by molar-refractivity contribution is 0.0886. The molecule has 0 spiro atoms. The summed E-state index contributed by atoms with van der Waals surface area (Å²) in [5.41, 5.74) is 7.89. The van der Waals surface area contributed by atoms with Crippen LogP contribution in [0.1, 0.15) is 69.7 Å². The zero-order valence-corrected chi connectivity index (χ0v) is 22.6. The minimum absolute atomic E-state index is 0.134. The van der Waals surface area contributed by atoms with Crippen molar-refractivity contribution < 1.29 is 17.9 Å². The number of pyridine rings is 1. The van der Waals surface area contributed by atoms with Gasteiger partial charge in [0.2, 0.25) is 10.0 Å². The van der Waals surface area contributed by atoms with E-state index in [1.54, 1.807) is 6.20 Å². The molecule has 2 aromatic rings. The minimum Gasteiger partial charge on any atom is -0.449 e. The Hall–Kier alpha value is -2.17. The van der Waals surface area contributed by atoms with Crippen molar-refractivity contribution in [2.45, 2.75) is 77.4 Å². The summed E-state index contributed by atoms with van der Waals surface area (Å²) in [5.74, 6) is 1.63. The van der Waals surface area contributed by atoms with Crippen LogP contribution in [0, 0.1) is 11.8 Å². The van der Waals surface area contributed by atoms with Gasteiger partial charge < -0.3 is 19.9 Å². The molecule has 0 radical (unpaired) electrons. The number of nitrogens with one attached hydrogen (secondary N) is 1. The number of amides is 1. The smallest absolute Gasteiger partial charge is 0.404 e. The third-order valence-corrected chi connectivity index (χ3v) is 8.81. The molecule has 1 aliphatic heterocycles. The maximum atomic E-state index is 11.9. The molecule has 36 heavy (non-hydrogen) atoms. The summed E-state index contributed by atoms with van der Waals surface area (Å²) in [6.45, 7) is 7.08. The quantitative estimate of drug-likeness (QED) is 0.523. The van der Waals surface area contributed by atoms with Crippen LogP contribution in [0.3, 0.4) is 0 Å². The van der Waals surface area contributed by atoms with Gasteiger partial charge in [-0.2, -0.15) is 0 Å². The van der Waals surface area contributed by atoms with E-state index in [0.29, 0.717) is 12.5 Å². The van der Waals surface area contributed by atoms with Gasteiger partial charge in [0, 0.05) is 55.4 Å². The number of hydrogen-bond acceptors (Lipinski definition) is 6. The molecule has 1 amide bonds. The molecule has 3 heterocycles. The number of aromatic nitrogens is 2. The number of carbonyl (C=O) groups excluding carboxylic acids is 1. The molecular formula is C26H41N5O4S. The van der Waals surface area contributed by atoms with Crippen molar-refractivity contribution in [2.75, 3.05) is 26.0 Å². The number of piperidine rings is 1. The first-order chi connectivity index (χ1) is 17.1. The molecule has 1 saturated carbocycles. The number of rotatable bonds is 9. The van der Waals surface area contributed by atoms with Crippen LogP contribution < -0.4 is 10.5 Å². The summed E-state index contributed by atoms with van der Waals surface area (Å²) in [6, 6.07) is 4.79. The Labute approximate surface area is 214 Å². The highest BCUT2D eigenvalue weighted by atomic mass is 32.2. The van der Waals surface area contributed by atoms with Crippen molar-refractivity contribution in [1.29, 1.82) is 0 Å². The lowest BCUT2D eigenvalue weighted by Gasteiger charge is -2.42. The van der Waals surface area contributed by atoms with Gasteiger partial charge in [0.05, 0.1) is 12.9 Å². The molecule has 4 rings (SSSR count). The summed E-state index contributed by atoms with van der Waals surface area (Å²) in [5, 5.41) is 0.928. The Kier molecular flexibility index (Phi) is 8.57. The third-order valence-electron chi connectivity index (χ3n) is 8.14. The maximum absolute atomic E-state index is 11.9. The summed E-state index contributed by atoms with van der Waals surface area (Å²) in [4.78, 5) is 18.6. The molecule has 0 atom stereocenters. The van der Waals surface area contributed by atoms with E-state index in [2.05, 4.69) is 28.0 Å². The van der Waals surface area contributed by atoms with Gasteiger partial charge in [0.25, 0.3) is 0 Å². The monoisotopic (exact) mass is 519 g/mol. The molecule has 1 aliphatic carbocycles.